The second-order valence-corrected chi connectivity index (χ2v) is 10.2. The van der Waals surface area contributed by atoms with Crippen LogP contribution in [-0.4, -0.2) is 67.9 Å². The van der Waals surface area contributed by atoms with E-state index >= 15 is 0 Å². The Hall–Kier alpha value is -2.63. The van der Waals surface area contributed by atoms with Gasteiger partial charge in [-0.1, -0.05) is 0 Å². The lowest BCUT2D eigenvalue weighted by Gasteiger charge is -2.36. The van der Waals surface area contributed by atoms with Crippen LogP contribution in [0.4, 0.5) is 19.3 Å². The van der Waals surface area contributed by atoms with E-state index in [4.69, 9.17) is 0 Å². The lowest BCUT2D eigenvalue weighted by atomic mass is 10.1. The van der Waals surface area contributed by atoms with Crippen LogP contribution >= 0.6 is 0 Å². The summed E-state index contributed by atoms with van der Waals surface area (Å²) in [6.07, 6.45) is 1.20. The average molecular weight is 482 g/mol. The molecule has 2 aromatic rings. The molecule has 2 N–H and O–H groups in total. The molecular formula is C22H29F2N5O3S. The molecule has 1 fully saturated rings. The number of aryl methyl sites for hydroxylation is 2. The third-order valence-electron chi connectivity index (χ3n) is 5.69. The molecule has 1 aliphatic rings. The van der Waals surface area contributed by atoms with E-state index in [0.717, 1.165) is 23.5 Å². The Kier molecular flexibility index (Phi) is 7.98. The number of hydrogen-bond acceptors (Lipinski definition) is 5. The summed E-state index contributed by atoms with van der Waals surface area (Å²) in [6, 6.07) is 5.65. The summed E-state index contributed by atoms with van der Waals surface area (Å²) in [5, 5.41) is 5.61. The number of sulfonamides is 1. The highest BCUT2D eigenvalue weighted by atomic mass is 32.2. The largest absolute Gasteiger partial charge is 0.337 e. The minimum Gasteiger partial charge on any atom is -0.337 e. The molecule has 180 valence electrons. The maximum Gasteiger partial charge on any atom is 0.319 e. The number of anilines is 1. The van der Waals surface area contributed by atoms with Crippen molar-refractivity contribution in [2.45, 2.75) is 37.6 Å². The topological polar surface area (TPSA) is 94.6 Å². The second kappa shape index (κ2) is 10.5. The maximum absolute atomic E-state index is 13.5. The van der Waals surface area contributed by atoms with Crippen LogP contribution in [0.5, 0.6) is 0 Å². The Morgan fingerprint density at radius 3 is 2.36 bits per heavy atom. The maximum atomic E-state index is 13.5. The van der Waals surface area contributed by atoms with Crippen molar-refractivity contribution in [2.75, 3.05) is 38.5 Å². The zero-order valence-corrected chi connectivity index (χ0v) is 19.8. The summed E-state index contributed by atoms with van der Waals surface area (Å²) in [5.74, 6) is -2.27. The van der Waals surface area contributed by atoms with Gasteiger partial charge in [-0.3, -0.25) is 4.98 Å². The number of urea groups is 1. The lowest BCUT2D eigenvalue weighted by Crippen LogP contribution is -2.47. The summed E-state index contributed by atoms with van der Waals surface area (Å²) in [6.45, 7) is 6.13. The van der Waals surface area contributed by atoms with E-state index in [-0.39, 0.29) is 17.0 Å². The van der Waals surface area contributed by atoms with Crippen molar-refractivity contribution in [1.82, 2.24) is 19.5 Å². The van der Waals surface area contributed by atoms with Gasteiger partial charge in [-0.25, -0.2) is 22.0 Å². The van der Waals surface area contributed by atoms with Gasteiger partial charge in [-0.05, 0) is 70.1 Å². The zero-order chi connectivity index (χ0) is 24.2. The van der Waals surface area contributed by atoms with E-state index in [9.17, 15) is 22.0 Å². The molecule has 2 amide bonds. The molecule has 1 saturated heterocycles. The van der Waals surface area contributed by atoms with Crippen LogP contribution in [0.2, 0.25) is 0 Å². The molecule has 1 aromatic heterocycles. The first-order valence-corrected chi connectivity index (χ1v) is 12.2. The van der Waals surface area contributed by atoms with Crippen molar-refractivity contribution in [3.63, 3.8) is 0 Å². The number of carbonyl (C=O) groups excluding carboxylic acids is 1. The van der Waals surface area contributed by atoms with Gasteiger partial charge in [-0.2, -0.15) is 4.31 Å². The number of rotatable bonds is 7. The average Bonchev–Trinajstić information content (AvgIpc) is 2.74. The molecule has 2 heterocycles. The van der Waals surface area contributed by atoms with E-state index in [1.165, 1.54) is 11.4 Å². The van der Waals surface area contributed by atoms with Gasteiger partial charge in [0.05, 0.1) is 4.90 Å². The Labute approximate surface area is 193 Å². The van der Waals surface area contributed by atoms with Crippen molar-refractivity contribution >= 4 is 21.7 Å². The van der Waals surface area contributed by atoms with Gasteiger partial charge in [0.15, 0.2) is 11.6 Å². The van der Waals surface area contributed by atoms with Gasteiger partial charge in [0.1, 0.15) is 0 Å². The van der Waals surface area contributed by atoms with Gasteiger partial charge >= 0.3 is 6.03 Å². The molecule has 8 nitrogen and oxygen atoms in total. The first kappa shape index (κ1) is 25.0. The number of carbonyl (C=O) groups is 1. The van der Waals surface area contributed by atoms with Gasteiger partial charge in [0.25, 0.3) is 0 Å². The molecule has 11 heteroatoms. The molecule has 33 heavy (non-hydrogen) atoms. The van der Waals surface area contributed by atoms with Gasteiger partial charge in [0, 0.05) is 43.3 Å². The molecule has 1 aromatic carbocycles. The number of halogens is 2. The van der Waals surface area contributed by atoms with E-state index in [1.807, 2.05) is 13.8 Å². The lowest BCUT2D eigenvalue weighted by molar-refractivity contribution is 0.170. The Morgan fingerprint density at radius 2 is 1.76 bits per heavy atom. The zero-order valence-electron chi connectivity index (χ0n) is 18.9. The monoisotopic (exact) mass is 481 g/mol. The number of aromatic nitrogens is 1. The number of benzene rings is 1. The van der Waals surface area contributed by atoms with Crippen LogP contribution in [0.15, 0.2) is 35.2 Å². The smallest absolute Gasteiger partial charge is 0.319 e. The Balaban J connectivity index is 1.44. The van der Waals surface area contributed by atoms with Crippen molar-refractivity contribution < 1.29 is 22.0 Å². The molecular weight excluding hydrogens is 452 g/mol. The third kappa shape index (κ3) is 6.46. The Bertz CT molecular complexity index is 1080. The van der Waals surface area contributed by atoms with E-state index in [1.54, 1.807) is 12.1 Å². The number of hydrogen-bond donors (Lipinski definition) is 2. The number of pyridine rings is 1. The third-order valence-corrected chi connectivity index (χ3v) is 7.60. The van der Waals surface area contributed by atoms with Gasteiger partial charge in [-0.15, -0.1) is 0 Å². The van der Waals surface area contributed by atoms with Crippen molar-refractivity contribution in [2.24, 2.45) is 0 Å². The number of nitrogens with one attached hydrogen (secondary N) is 2. The van der Waals surface area contributed by atoms with Crippen LogP contribution in [0, 0.1) is 25.5 Å². The van der Waals surface area contributed by atoms with Crippen LogP contribution in [0.1, 0.15) is 24.2 Å². The summed E-state index contributed by atoms with van der Waals surface area (Å²) >= 11 is 0. The quantitative estimate of drug-likeness (QED) is 0.634. The van der Waals surface area contributed by atoms with Crippen LogP contribution < -0.4 is 10.6 Å². The fourth-order valence-corrected chi connectivity index (χ4v) is 5.34. The molecule has 0 bridgehead atoms. The molecule has 0 unspecified atom stereocenters. The van der Waals surface area contributed by atoms with Crippen LogP contribution in [-0.2, 0) is 10.0 Å². The fraction of sp³-hybridized carbons (Fsp3) is 0.455. The fourth-order valence-electron chi connectivity index (χ4n) is 3.92. The molecule has 0 atom stereocenters. The number of piperidine rings is 1. The van der Waals surface area contributed by atoms with Gasteiger partial charge < -0.3 is 15.5 Å². The predicted molar refractivity (Wildman–Crippen MR) is 122 cm³/mol. The number of likely N-dealkylation sites (tertiary alicyclic amines) is 1. The highest BCUT2D eigenvalue weighted by Crippen LogP contribution is 2.23. The SMILES string of the molecule is Cc1cc(NC(=O)NCCN2CCC(N(C)S(=O)(=O)c3ccc(F)c(F)c3)CC2)cc(C)n1. The highest BCUT2D eigenvalue weighted by Gasteiger charge is 2.31. The van der Waals surface area contributed by atoms with Crippen LogP contribution in [0.25, 0.3) is 0 Å². The molecule has 1 aliphatic heterocycles. The van der Waals surface area contributed by atoms with Crippen molar-refractivity contribution in [1.29, 1.82) is 0 Å². The normalized spacial score (nSPS) is 15.6. The first-order valence-electron chi connectivity index (χ1n) is 10.7. The molecule has 0 radical (unpaired) electrons. The highest BCUT2D eigenvalue weighted by molar-refractivity contribution is 7.89. The number of nitrogens with zero attached hydrogens (tertiary/aromatic N) is 3. The standard InChI is InChI=1S/C22H29F2N5O3S/c1-15-12-17(13-16(2)26-15)27-22(30)25-8-11-29-9-6-18(7-10-29)28(3)33(31,32)19-4-5-20(23)21(24)14-19/h4-5,12-14,18H,6-11H2,1-3H3,(H2,25,26,27,30). The first-order chi connectivity index (χ1) is 15.6. The molecule has 0 aliphatic carbocycles. The summed E-state index contributed by atoms with van der Waals surface area (Å²) in [7, 11) is -2.46. The van der Waals surface area contributed by atoms with Crippen molar-refractivity contribution in [3.05, 3.63) is 53.4 Å². The molecule has 0 saturated carbocycles. The van der Waals surface area contributed by atoms with Crippen molar-refractivity contribution in [3.8, 4) is 0 Å². The summed E-state index contributed by atoms with van der Waals surface area (Å²) < 4.78 is 53.5. The van der Waals surface area contributed by atoms with E-state index in [2.05, 4.69) is 20.5 Å². The second-order valence-electron chi connectivity index (χ2n) is 8.19. The molecule has 0 spiro atoms. The predicted octanol–water partition coefficient (Wildman–Crippen LogP) is 2.88. The van der Waals surface area contributed by atoms with E-state index in [0.29, 0.717) is 50.8 Å². The summed E-state index contributed by atoms with van der Waals surface area (Å²) in [4.78, 5) is 18.3. The van der Waals surface area contributed by atoms with Gasteiger partial charge in [0.2, 0.25) is 10.0 Å². The minimum atomic E-state index is -3.92. The Morgan fingerprint density at radius 1 is 1.12 bits per heavy atom. The summed E-state index contributed by atoms with van der Waals surface area (Å²) in [5.41, 5.74) is 2.33. The van der Waals surface area contributed by atoms with Crippen LogP contribution in [0.3, 0.4) is 0 Å². The number of amides is 2. The molecule has 3 rings (SSSR count). The minimum absolute atomic E-state index is 0.242. The van der Waals surface area contributed by atoms with E-state index < -0.39 is 21.7 Å².